The highest BCUT2D eigenvalue weighted by Gasteiger charge is 2.38. The van der Waals surface area contributed by atoms with Crippen LogP contribution in [0.1, 0.15) is 28.6 Å². The number of nitrogens with zero attached hydrogens (tertiary/aromatic N) is 1. The van der Waals surface area contributed by atoms with E-state index in [1.165, 1.54) is 11.3 Å². The van der Waals surface area contributed by atoms with Gasteiger partial charge >= 0.3 is 0 Å². The van der Waals surface area contributed by atoms with Gasteiger partial charge in [0, 0.05) is 17.8 Å². The molecular formula is C16H19NO3S. The quantitative estimate of drug-likeness (QED) is 0.849. The summed E-state index contributed by atoms with van der Waals surface area (Å²) in [6, 6.07) is 7.97. The number of carbonyl (C=O) groups is 1. The van der Waals surface area contributed by atoms with E-state index >= 15 is 0 Å². The van der Waals surface area contributed by atoms with E-state index in [0.717, 1.165) is 20.5 Å². The lowest BCUT2D eigenvalue weighted by Crippen LogP contribution is -2.55. The first-order chi connectivity index (χ1) is 9.90. The molecule has 1 aliphatic heterocycles. The van der Waals surface area contributed by atoms with Crippen molar-refractivity contribution in [1.82, 2.24) is 4.90 Å². The van der Waals surface area contributed by atoms with Crippen LogP contribution < -0.4 is 0 Å². The highest BCUT2D eigenvalue weighted by molar-refractivity contribution is 7.21. The van der Waals surface area contributed by atoms with Gasteiger partial charge in [-0.25, -0.2) is 0 Å². The lowest BCUT2D eigenvalue weighted by Gasteiger charge is -2.39. The average Bonchev–Trinajstić information content (AvgIpc) is 2.79. The Morgan fingerprint density at radius 3 is 2.81 bits per heavy atom. The highest BCUT2D eigenvalue weighted by atomic mass is 32.1. The summed E-state index contributed by atoms with van der Waals surface area (Å²) >= 11 is 1.49. The summed E-state index contributed by atoms with van der Waals surface area (Å²) in [5.74, 6) is -0.0525. The first-order valence-electron chi connectivity index (χ1n) is 7.08. The van der Waals surface area contributed by atoms with Crippen molar-refractivity contribution >= 4 is 27.3 Å². The van der Waals surface area contributed by atoms with Crippen molar-refractivity contribution in [2.75, 3.05) is 13.1 Å². The van der Waals surface area contributed by atoms with Gasteiger partial charge in [-0.05, 0) is 37.3 Å². The molecule has 3 rings (SSSR count). The Balaban J connectivity index is 1.89. The lowest BCUT2D eigenvalue weighted by atomic mass is 9.90. The van der Waals surface area contributed by atoms with Crippen molar-refractivity contribution in [1.29, 1.82) is 0 Å². The van der Waals surface area contributed by atoms with Gasteiger partial charge in [-0.2, -0.15) is 0 Å². The molecule has 0 aliphatic carbocycles. The zero-order valence-electron chi connectivity index (χ0n) is 12.2. The van der Waals surface area contributed by atoms with Gasteiger partial charge in [0.15, 0.2) is 0 Å². The maximum atomic E-state index is 12.7. The number of thiophene rings is 1. The van der Waals surface area contributed by atoms with E-state index in [0.29, 0.717) is 13.0 Å². The molecule has 1 aliphatic rings. The van der Waals surface area contributed by atoms with E-state index in [4.69, 9.17) is 0 Å². The third-order valence-corrected chi connectivity index (χ3v) is 5.59. The Hall–Kier alpha value is -1.43. The normalized spacial score (nSPS) is 26.3. The predicted molar refractivity (Wildman–Crippen MR) is 83.7 cm³/mol. The fourth-order valence-electron chi connectivity index (χ4n) is 2.73. The van der Waals surface area contributed by atoms with Gasteiger partial charge in [0.1, 0.15) is 0 Å². The number of aryl methyl sites for hydroxylation is 1. The standard InChI is InChI=1S/C16H19NO3S/c1-10-11-5-3-4-6-12(11)21-14(10)15(19)17-8-7-16(2,20)13(18)9-17/h3-6,13,18,20H,7-9H2,1-2H3/t13-,16+/m0/s1. The maximum absolute atomic E-state index is 12.7. The molecule has 2 atom stereocenters. The molecule has 2 aromatic rings. The molecule has 2 N–H and O–H groups in total. The lowest BCUT2D eigenvalue weighted by molar-refractivity contribution is -0.0998. The van der Waals surface area contributed by atoms with Crippen molar-refractivity contribution in [2.45, 2.75) is 32.0 Å². The molecular weight excluding hydrogens is 286 g/mol. The van der Waals surface area contributed by atoms with Gasteiger partial charge in [0.25, 0.3) is 5.91 Å². The zero-order valence-corrected chi connectivity index (χ0v) is 13.0. The first kappa shape index (κ1) is 14.5. The Bertz CT molecular complexity index is 692. The van der Waals surface area contributed by atoms with Crippen LogP contribution in [0.15, 0.2) is 24.3 Å². The summed E-state index contributed by atoms with van der Waals surface area (Å²) in [7, 11) is 0. The third kappa shape index (κ3) is 2.46. The van der Waals surface area contributed by atoms with Crippen LogP contribution in [0.2, 0.25) is 0 Å². The molecule has 0 unspecified atom stereocenters. The summed E-state index contributed by atoms with van der Waals surface area (Å²) < 4.78 is 1.10. The molecule has 21 heavy (non-hydrogen) atoms. The van der Waals surface area contributed by atoms with E-state index in [1.54, 1.807) is 11.8 Å². The van der Waals surface area contributed by atoms with Crippen molar-refractivity contribution in [2.24, 2.45) is 0 Å². The van der Waals surface area contributed by atoms with Crippen molar-refractivity contribution in [3.8, 4) is 0 Å². The molecule has 0 radical (unpaired) electrons. The Kier molecular flexibility index (Phi) is 3.51. The molecule has 1 aromatic heterocycles. The minimum Gasteiger partial charge on any atom is -0.388 e. The molecule has 1 amide bonds. The van der Waals surface area contributed by atoms with Crippen LogP contribution >= 0.6 is 11.3 Å². The maximum Gasteiger partial charge on any atom is 0.264 e. The Labute approximate surface area is 127 Å². The van der Waals surface area contributed by atoms with E-state index in [2.05, 4.69) is 0 Å². The van der Waals surface area contributed by atoms with Crippen molar-refractivity contribution < 1.29 is 15.0 Å². The number of aliphatic hydroxyl groups is 2. The monoisotopic (exact) mass is 305 g/mol. The van der Waals surface area contributed by atoms with Crippen molar-refractivity contribution in [3.63, 3.8) is 0 Å². The highest BCUT2D eigenvalue weighted by Crippen LogP contribution is 2.32. The summed E-state index contributed by atoms with van der Waals surface area (Å²) in [6.07, 6.45) is -0.506. The Morgan fingerprint density at radius 1 is 1.43 bits per heavy atom. The smallest absolute Gasteiger partial charge is 0.264 e. The predicted octanol–water partition coefficient (Wildman–Crippen LogP) is 2.17. The minimum atomic E-state index is -1.11. The average molecular weight is 305 g/mol. The number of β-amino-alcohol motifs (C(OH)–C–C–N with tert-alkyl or cyclic N) is 1. The summed E-state index contributed by atoms with van der Waals surface area (Å²) in [5.41, 5.74) is -0.112. The van der Waals surface area contributed by atoms with Crippen LogP contribution in [0.4, 0.5) is 0 Å². The molecule has 2 heterocycles. The molecule has 0 spiro atoms. The second kappa shape index (κ2) is 5.09. The van der Waals surface area contributed by atoms with Gasteiger partial charge in [-0.15, -0.1) is 11.3 Å². The minimum absolute atomic E-state index is 0.0525. The number of amides is 1. The third-order valence-electron chi connectivity index (χ3n) is 4.32. The van der Waals surface area contributed by atoms with E-state index < -0.39 is 11.7 Å². The van der Waals surface area contributed by atoms with Gasteiger partial charge in [0.2, 0.25) is 0 Å². The molecule has 4 nitrogen and oxygen atoms in total. The van der Waals surface area contributed by atoms with Gasteiger partial charge in [-0.1, -0.05) is 18.2 Å². The van der Waals surface area contributed by atoms with E-state index in [9.17, 15) is 15.0 Å². The van der Waals surface area contributed by atoms with E-state index in [1.807, 2.05) is 31.2 Å². The first-order valence-corrected chi connectivity index (χ1v) is 7.89. The van der Waals surface area contributed by atoms with Crippen LogP contribution in [0, 0.1) is 6.92 Å². The molecule has 0 saturated carbocycles. The van der Waals surface area contributed by atoms with Crippen LogP contribution in [0.5, 0.6) is 0 Å². The summed E-state index contributed by atoms with van der Waals surface area (Å²) in [6.45, 7) is 4.23. The topological polar surface area (TPSA) is 60.8 Å². The number of benzene rings is 1. The van der Waals surface area contributed by atoms with Crippen LogP contribution in [0.25, 0.3) is 10.1 Å². The second-order valence-corrected chi connectivity index (χ2v) is 6.98. The number of hydrogen-bond acceptors (Lipinski definition) is 4. The molecule has 1 fully saturated rings. The molecule has 112 valence electrons. The van der Waals surface area contributed by atoms with Crippen molar-refractivity contribution in [3.05, 3.63) is 34.7 Å². The fourth-order valence-corrected chi connectivity index (χ4v) is 3.91. The molecule has 0 bridgehead atoms. The largest absolute Gasteiger partial charge is 0.388 e. The van der Waals surface area contributed by atoms with E-state index in [-0.39, 0.29) is 12.5 Å². The SMILES string of the molecule is Cc1c(C(=O)N2CC[C@@](C)(O)[C@@H](O)C2)sc2ccccc12. The second-order valence-electron chi connectivity index (χ2n) is 5.93. The van der Waals surface area contributed by atoms with Gasteiger partial charge < -0.3 is 15.1 Å². The number of fused-ring (bicyclic) bond motifs is 1. The molecule has 1 saturated heterocycles. The van der Waals surface area contributed by atoms with Crippen LogP contribution in [-0.4, -0.2) is 45.8 Å². The number of aliphatic hydroxyl groups excluding tert-OH is 1. The number of hydrogen-bond donors (Lipinski definition) is 2. The number of likely N-dealkylation sites (tertiary alicyclic amines) is 1. The van der Waals surface area contributed by atoms with Crippen LogP contribution in [0.3, 0.4) is 0 Å². The van der Waals surface area contributed by atoms with Gasteiger partial charge in [-0.3, -0.25) is 4.79 Å². The summed E-state index contributed by atoms with van der Waals surface area (Å²) in [5, 5.41) is 21.1. The molecule has 5 heteroatoms. The zero-order chi connectivity index (χ0) is 15.2. The fraction of sp³-hybridized carbons (Fsp3) is 0.438. The molecule has 1 aromatic carbocycles. The van der Waals surface area contributed by atoms with Gasteiger partial charge in [0.05, 0.1) is 16.6 Å². The number of carbonyl (C=O) groups excluding carboxylic acids is 1. The number of piperidine rings is 1. The van der Waals surface area contributed by atoms with Crippen LogP contribution in [-0.2, 0) is 0 Å². The Morgan fingerprint density at radius 2 is 2.14 bits per heavy atom. The summed E-state index contributed by atoms with van der Waals surface area (Å²) in [4.78, 5) is 15.1. The number of rotatable bonds is 1.